The predicted molar refractivity (Wildman–Crippen MR) is 76.9 cm³/mol. The van der Waals surface area contributed by atoms with Crippen LogP contribution >= 0.6 is 22.7 Å². The van der Waals surface area contributed by atoms with Gasteiger partial charge in [-0.2, -0.15) is 0 Å². The largest absolute Gasteiger partial charge is 0.254 e. The lowest BCUT2D eigenvalue weighted by Crippen LogP contribution is -1.96. The van der Waals surface area contributed by atoms with Crippen molar-refractivity contribution in [3.8, 4) is 0 Å². The highest BCUT2D eigenvalue weighted by atomic mass is 32.1. The lowest BCUT2D eigenvalue weighted by atomic mass is 10.2. The normalized spacial score (nSPS) is 14.2. The summed E-state index contributed by atoms with van der Waals surface area (Å²) in [7, 11) is 0. The highest BCUT2D eigenvalue weighted by Gasteiger charge is 2.15. The maximum Gasteiger partial charge on any atom is 0.100 e. The maximum absolute atomic E-state index is 4.83. The topological polar surface area (TPSA) is 24.7 Å². The minimum absolute atomic E-state index is 1.03. The van der Waals surface area contributed by atoms with Crippen molar-refractivity contribution in [2.24, 2.45) is 9.98 Å². The number of thiophene rings is 2. The average Bonchev–Trinajstić information content (AvgIpc) is 3.07. The molecule has 0 aliphatic carbocycles. The van der Waals surface area contributed by atoms with Gasteiger partial charge in [-0.25, -0.2) is 4.99 Å². The number of hydrogen-bond donors (Lipinski definition) is 0. The minimum Gasteiger partial charge on any atom is -0.254 e. The van der Waals surface area contributed by atoms with Crippen molar-refractivity contribution >= 4 is 55.7 Å². The second kappa shape index (κ2) is 2.96. The van der Waals surface area contributed by atoms with Crippen LogP contribution in [0.25, 0.3) is 15.5 Å². The molecule has 2 aliphatic rings. The van der Waals surface area contributed by atoms with E-state index in [-0.39, 0.29) is 0 Å². The molecular formula is C14H6N2S2. The molecular weight excluding hydrogens is 260 g/mol. The van der Waals surface area contributed by atoms with Crippen LogP contribution in [-0.4, -0.2) is 6.21 Å². The predicted octanol–water partition coefficient (Wildman–Crippen LogP) is 3.01. The van der Waals surface area contributed by atoms with Gasteiger partial charge in [0.25, 0.3) is 0 Å². The van der Waals surface area contributed by atoms with Crippen LogP contribution in [0, 0.1) is 9.75 Å². The summed E-state index contributed by atoms with van der Waals surface area (Å²) in [5.74, 6) is 0. The quantitative estimate of drug-likeness (QED) is 0.467. The van der Waals surface area contributed by atoms with Crippen LogP contribution < -0.4 is 10.6 Å². The summed E-state index contributed by atoms with van der Waals surface area (Å²) in [6.07, 6.45) is 3.89. The highest BCUT2D eigenvalue weighted by molar-refractivity contribution is 7.25. The average molecular weight is 266 g/mol. The van der Waals surface area contributed by atoms with Gasteiger partial charge in [-0.3, -0.25) is 4.99 Å². The molecule has 2 nitrogen and oxygen atoms in total. The Morgan fingerprint density at radius 3 is 3.06 bits per heavy atom. The summed E-state index contributed by atoms with van der Waals surface area (Å²) >= 11 is 3.61. The zero-order valence-corrected chi connectivity index (χ0v) is 10.8. The number of aliphatic imine (C=N–C) groups is 1. The first-order chi connectivity index (χ1) is 8.92. The Morgan fingerprint density at radius 1 is 1.06 bits per heavy atom. The molecule has 4 heterocycles. The third-order valence-corrected chi connectivity index (χ3v) is 5.61. The first kappa shape index (κ1) is 9.19. The van der Waals surface area contributed by atoms with E-state index in [0.717, 1.165) is 16.7 Å². The van der Waals surface area contributed by atoms with Gasteiger partial charge in [0.05, 0.1) is 20.6 Å². The first-order valence-electron chi connectivity index (χ1n) is 5.68. The number of rotatable bonds is 0. The summed E-state index contributed by atoms with van der Waals surface area (Å²) in [5.41, 5.74) is 2.08. The standard InChI is InChI=1S/C14H6N2S2/c1-2-8-11(10-7(1)3-5-15-10)16-12-13(8)18-9-4-6-17-14(9)12/h1-6H. The molecule has 0 bridgehead atoms. The van der Waals surface area contributed by atoms with E-state index in [1.807, 2.05) is 23.6 Å². The SMILES string of the molecule is C1=Nc2c3c(ccc2=C1)=c1sc2ccsc2c1=N3. The molecule has 0 atom stereocenters. The Balaban J connectivity index is 2.14. The minimum atomic E-state index is 1.03. The van der Waals surface area contributed by atoms with Gasteiger partial charge in [0, 0.05) is 21.4 Å². The molecule has 0 unspecified atom stereocenters. The fourth-order valence-electron chi connectivity index (χ4n) is 2.56. The van der Waals surface area contributed by atoms with Crippen molar-refractivity contribution in [1.82, 2.24) is 0 Å². The van der Waals surface area contributed by atoms with Gasteiger partial charge in [-0.05, 0) is 17.5 Å². The van der Waals surface area contributed by atoms with Gasteiger partial charge in [0.15, 0.2) is 0 Å². The van der Waals surface area contributed by atoms with E-state index >= 15 is 0 Å². The molecule has 18 heavy (non-hydrogen) atoms. The van der Waals surface area contributed by atoms with Crippen LogP contribution in [0.3, 0.4) is 0 Å². The summed E-state index contributed by atoms with van der Waals surface area (Å²) in [6, 6.07) is 6.49. The number of fused-ring (bicyclic) bond motifs is 6. The second-order valence-electron chi connectivity index (χ2n) is 4.35. The van der Waals surface area contributed by atoms with Crippen LogP contribution in [0.2, 0.25) is 0 Å². The molecule has 0 fully saturated rings. The van der Waals surface area contributed by atoms with Gasteiger partial charge < -0.3 is 0 Å². The summed E-state index contributed by atoms with van der Waals surface area (Å²) in [6.45, 7) is 0. The van der Waals surface area contributed by atoms with Crippen LogP contribution in [0.15, 0.2) is 33.6 Å². The van der Waals surface area contributed by atoms with Gasteiger partial charge >= 0.3 is 0 Å². The molecule has 0 radical (unpaired) electrons. The number of benzene rings is 1. The third kappa shape index (κ3) is 0.947. The lowest BCUT2D eigenvalue weighted by Gasteiger charge is -1.96. The zero-order valence-electron chi connectivity index (χ0n) is 9.18. The van der Waals surface area contributed by atoms with E-state index in [0.29, 0.717) is 0 Å². The van der Waals surface area contributed by atoms with Gasteiger partial charge in [0.1, 0.15) is 5.36 Å². The molecule has 0 amide bonds. The molecule has 0 saturated heterocycles. The van der Waals surface area contributed by atoms with Crippen molar-refractivity contribution in [1.29, 1.82) is 0 Å². The molecule has 0 saturated carbocycles. The van der Waals surface area contributed by atoms with Gasteiger partial charge in [0.2, 0.25) is 0 Å². The summed E-state index contributed by atoms with van der Waals surface area (Å²) in [5, 5.41) is 5.70. The van der Waals surface area contributed by atoms with E-state index in [9.17, 15) is 0 Å². The van der Waals surface area contributed by atoms with Crippen molar-refractivity contribution in [3.05, 3.63) is 43.9 Å². The van der Waals surface area contributed by atoms with Crippen molar-refractivity contribution in [2.75, 3.05) is 0 Å². The molecule has 2 aliphatic heterocycles. The van der Waals surface area contributed by atoms with E-state index in [4.69, 9.17) is 4.99 Å². The van der Waals surface area contributed by atoms with Gasteiger partial charge in [-0.1, -0.05) is 12.1 Å². The number of nitrogens with zero attached hydrogens (tertiary/aromatic N) is 2. The maximum atomic E-state index is 4.83. The first-order valence-corrected chi connectivity index (χ1v) is 7.38. The third-order valence-electron chi connectivity index (χ3n) is 3.38. The van der Waals surface area contributed by atoms with Crippen molar-refractivity contribution < 1.29 is 0 Å². The van der Waals surface area contributed by atoms with Crippen LogP contribution in [-0.2, 0) is 0 Å². The molecule has 84 valence electrons. The molecule has 5 rings (SSSR count). The fraction of sp³-hybridized carbons (Fsp3) is 0. The van der Waals surface area contributed by atoms with Crippen LogP contribution in [0.1, 0.15) is 0 Å². The molecule has 4 heteroatoms. The number of hydrogen-bond acceptors (Lipinski definition) is 4. The molecule has 3 aromatic rings. The summed E-state index contributed by atoms with van der Waals surface area (Å²) < 4.78 is 3.96. The van der Waals surface area contributed by atoms with Crippen molar-refractivity contribution in [2.45, 2.75) is 0 Å². The Bertz CT molecular complexity index is 1070. The second-order valence-corrected chi connectivity index (χ2v) is 6.32. The summed E-state index contributed by atoms with van der Waals surface area (Å²) in [4.78, 5) is 9.27. The lowest BCUT2D eigenvalue weighted by molar-refractivity contribution is 1.39. The van der Waals surface area contributed by atoms with Crippen LogP contribution in [0.4, 0.5) is 11.4 Å². The smallest absolute Gasteiger partial charge is 0.100 e. The Labute approximate surface area is 110 Å². The van der Waals surface area contributed by atoms with Gasteiger partial charge in [-0.15, -0.1) is 22.7 Å². The molecule has 0 N–H and O–H groups in total. The van der Waals surface area contributed by atoms with Crippen molar-refractivity contribution in [3.63, 3.8) is 0 Å². The van der Waals surface area contributed by atoms with Crippen LogP contribution in [0.5, 0.6) is 0 Å². The molecule has 0 spiro atoms. The fourth-order valence-corrected chi connectivity index (χ4v) is 4.83. The zero-order chi connectivity index (χ0) is 11.7. The van der Waals surface area contributed by atoms with E-state index in [1.165, 1.54) is 24.4 Å². The Kier molecular flexibility index (Phi) is 1.51. The van der Waals surface area contributed by atoms with E-state index in [2.05, 4.69) is 28.6 Å². The van der Waals surface area contributed by atoms with E-state index in [1.54, 1.807) is 11.3 Å². The van der Waals surface area contributed by atoms with E-state index < -0.39 is 0 Å². The molecule has 2 aromatic heterocycles. The Hall–Kier alpha value is -1.78. The molecule has 1 aromatic carbocycles. The Morgan fingerprint density at radius 2 is 2.06 bits per heavy atom. The monoisotopic (exact) mass is 266 g/mol. The highest BCUT2D eigenvalue weighted by Crippen LogP contribution is 2.33.